The van der Waals surface area contributed by atoms with E-state index in [1.165, 1.54) is 11.1 Å². The van der Waals surface area contributed by atoms with Gasteiger partial charge in [-0.05, 0) is 69.1 Å². The van der Waals surface area contributed by atoms with Crippen LogP contribution >= 0.6 is 11.8 Å². The van der Waals surface area contributed by atoms with Gasteiger partial charge in [0.15, 0.2) is 0 Å². The van der Waals surface area contributed by atoms with E-state index in [0.717, 1.165) is 38.0 Å². The number of pyridine rings is 2. The van der Waals surface area contributed by atoms with Crippen LogP contribution < -0.4 is 0 Å². The van der Waals surface area contributed by atoms with Gasteiger partial charge in [-0.15, -0.1) is 29.8 Å². The van der Waals surface area contributed by atoms with Crippen molar-refractivity contribution in [3.8, 4) is 39.4 Å². The second-order valence-corrected chi connectivity index (χ2v) is 13.2. The number of rotatable bonds is 5. The maximum atomic E-state index is 10.7. The van der Waals surface area contributed by atoms with Crippen molar-refractivity contribution in [1.82, 2.24) is 9.97 Å². The standard InChI is InChI=1S/C36H35N2OS.Pt/c1-35(2,3)27-18-25(19-28(23-27)36(4,5)6)26-21-31(38-32(22-26)30-14-7-8-15-33(30)39)24-12-11-13-29(20-24)40-34-16-9-10-17-37-34;/h7-19,21-23,39H,1-6H3;/q-1;. The average Bonchev–Trinajstić information content (AvgIpc) is 2.92. The van der Waals surface area contributed by atoms with Crippen LogP contribution in [0.4, 0.5) is 0 Å². The van der Waals surface area contributed by atoms with Crippen LogP contribution in [-0.2, 0) is 31.9 Å². The second-order valence-electron chi connectivity index (χ2n) is 12.1. The Morgan fingerprint density at radius 3 is 1.95 bits per heavy atom. The molecular weight excluding hydrogens is 704 g/mol. The number of para-hydroxylation sites is 1. The molecule has 5 rings (SSSR count). The molecule has 0 saturated carbocycles. The molecule has 0 aliphatic heterocycles. The maximum Gasteiger partial charge on any atom is 0.124 e. The number of phenolic OH excluding ortho intramolecular Hbond substituents is 1. The minimum Gasteiger partial charge on any atom is -0.507 e. The molecule has 3 aromatic carbocycles. The summed E-state index contributed by atoms with van der Waals surface area (Å²) in [7, 11) is 0. The topological polar surface area (TPSA) is 46.0 Å². The van der Waals surface area contributed by atoms with Crippen molar-refractivity contribution in [3.05, 3.63) is 114 Å². The van der Waals surface area contributed by atoms with Crippen molar-refractivity contribution in [2.24, 2.45) is 0 Å². The molecule has 5 aromatic rings. The van der Waals surface area contributed by atoms with Crippen LogP contribution in [0.25, 0.3) is 33.6 Å². The van der Waals surface area contributed by atoms with Gasteiger partial charge in [0.25, 0.3) is 0 Å². The van der Waals surface area contributed by atoms with Crippen molar-refractivity contribution in [2.75, 3.05) is 0 Å². The molecule has 0 fully saturated rings. The largest absolute Gasteiger partial charge is 0.507 e. The summed E-state index contributed by atoms with van der Waals surface area (Å²) in [6.45, 7) is 13.5. The summed E-state index contributed by atoms with van der Waals surface area (Å²) < 4.78 is 0. The number of aromatic nitrogens is 2. The molecule has 0 amide bonds. The van der Waals surface area contributed by atoms with E-state index in [1.807, 2.05) is 54.6 Å². The number of hydrogen-bond donors (Lipinski definition) is 1. The van der Waals surface area contributed by atoms with Gasteiger partial charge < -0.3 is 5.11 Å². The van der Waals surface area contributed by atoms with E-state index in [1.54, 1.807) is 24.0 Å². The van der Waals surface area contributed by atoms with E-state index >= 15 is 0 Å². The normalized spacial score (nSPS) is 11.7. The molecule has 2 heterocycles. The molecule has 0 aliphatic carbocycles. The third kappa shape index (κ3) is 7.36. The fourth-order valence-electron chi connectivity index (χ4n) is 4.50. The predicted molar refractivity (Wildman–Crippen MR) is 167 cm³/mol. The Hall–Kier alpha value is -3.20. The molecule has 0 spiro atoms. The zero-order valence-corrected chi connectivity index (χ0v) is 27.4. The Bertz CT molecular complexity index is 1620. The summed E-state index contributed by atoms with van der Waals surface area (Å²) in [5.41, 5.74) is 7.88. The summed E-state index contributed by atoms with van der Waals surface area (Å²) in [5, 5.41) is 11.7. The predicted octanol–water partition coefficient (Wildman–Crippen LogP) is 9.73. The second kappa shape index (κ2) is 12.3. The quantitative estimate of drug-likeness (QED) is 0.183. The summed E-state index contributed by atoms with van der Waals surface area (Å²) in [5.74, 6) is 0.209. The monoisotopic (exact) mass is 738 g/mol. The number of aromatic hydroxyl groups is 1. The molecule has 3 nitrogen and oxygen atoms in total. The van der Waals surface area contributed by atoms with Gasteiger partial charge in [-0.2, -0.15) is 0 Å². The SMILES string of the molecule is CC(C)(C)c1cc(-c2cc(-c3[c-]c(Sc4ccccn4)ccc3)nc(-c3ccccc3O)c2)cc(C(C)(C)C)c1.[Pt]. The van der Waals surface area contributed by atoms with Crippen LogP contribution in [-0.4, -0.2) is 15.1 Å². The molecule has 0 unspecified atom stereocenters. The number of phenols is 1. The van der Waals surface area contributed by atoms with E-state index in [-0.39, 0.29) is 37.6 Å². The van der Waals surface area contributed by atoms with Gasteiger partial charge in [-0.25, -0.2) is 4.98 Å². The molecular formula is C36H35N2OPtS-. The Morgan fingerprint density at radius 2 is 1.32 bits per heavy atom. The maximum absolute atomic E-state index is 10.7. The molecule has 0 aliphatic rings. The van der Waals surface area contributed by atoms with Crippen molar-refractivity contribution < 1.29 is 26.2 Å². The van der Waals surface area contributed by atoms with Gasteiger partial charge >= 0.3 is 0 Å². The van der Waals surface area contributed by atoms with Crippen LogP contribution in [0.15, 0.2) is 107 Å². The first kappa shape index (κ1) is 30.7. The smallest absolute Gasteiger partial charge is 0.124 e. The minimum atomic E-state index is -0.00277. The molecule has 41 heavy (non-hydrogen) atoms. The molecule has 1 N–H and O–H groups in total. The van der Waals surface area contributed by atoms with Gasteiger partial charge in [-0.3, -0.25) is 4.98 Å². The van der Waals surface area contributed by atoms with Crippen molar-refractivity contribution in [1.29, 1.82) is 0 Å². The average molecular weight is 739 g/mol. The fourth-order valence-corrected chi connectivity index (χ4v) is 5.29. The van der Waals surface area contributed by atoms with E-state index < -0.39 is 0 Å². The Morgan fingerprint density at radius 1 is 0.683 bits per heavy atom. The first-order valence-electron chi connectivity index (χ1n) is 13.6. The molecule has 5 heteroatoms. The fraction of sp³-hybridized carbons (Fsp3) is 0.222. The van der Waals surface area contributed by atoms with E-state index in [4.69, 9.17) is 4.98 Å². The molecule has 212 valence electrons. The van der Waals surface area contributed by atoms with E-state index in [9.17, 15) is 5.11 Å². The van der Waals surface area contributed by atoms with Crippen LogP contribution in [0.3, 0.4) is 0 Å². The first-order chi connectivity index (χ1) is 19.0. The molecule has 2 aromatic heterocycles. The Balaban J connectivity index is 0.00000387. The van der Waals surface area contributed by atoms with Crippen molar-refractivity contribution in [3.63, 3.8) is 0 Å². The summed E-state index contributed by atoms with van der Waals surface area (Å²) in [6, 6.07) is 34.1. The van der Waals surface area contributed by atoms with Crippen LogP contribution in [0, 0.1) is 6.07 Å². The minimum absolute atomic E-state index is 0. The summed E-state index contributed by atoms with van der Waals surface area (Å²) >= 11 is 1.57. The Kier molecular flexibility index (Phi) is 9.26. The zero-order valence-electron chi connectivity index (χ0n) is 24.3. The first-order valence-corrected chi connectivity index (χ1v) is 14.4. The molecule has 0 saturated heterocycles. The molecule has 0 bridgehead atoms. The number of hydrogen-bond acceptors (Lipinski definition) is 4. The van der Waals surface area contributed by atoms with E-state index in [0.29, 0.717) is 5.56 Å². The van der Waals surface area contributed by atoms with E-state index in [2.05, 4.69) is 82.9 Å². The molecule has 0 atom stereocenters. The van der Waals surface area contributed by atoms with Crippen molar-refractivity contribution in [2.45, 2.75) is 62.3 Å². The molecule has 0 radical (unpaired) electrons. The van der Waals surface area contributed by atoms with Gasteiger partial charge in [0.1, 0.15) is 5.75 Å². The van der Waals surface area contributed by atoms with Crippen molar-refractivity contribution >= 4 is 11.8 Å². The van der Waals surface area contributed by atoms with Gasteiger partial charge in [0.2, 0.25) is 0 Å². The Labute approximate surface area is 262 Å². The number of nitrogens with zero attached hydrogens (tertiary/aromatic N) is 2. The number of benzene rings is 3. The summed E-state index contributed by atoms with van der Waals surface area (Å²) in [6.07, 6.45) is 1.80. The van der Waals surface area contributed by atoms with Gasteiger partial charge in [-0.1, -0.05) is 101 Å². The van der Waals surface area contributed by atoms with Gasteiger partial charge in [0, 0.05) is 32.8 Å². The third-order valence-corrected chi connectivity index (χ3v) is 7.81. The zero-order chi connectivity index (χ0) is 28.5. The third-order valence-electron chi connectivity index (χ3n) is 6.90. The summed E-state index contributed by atoms with van der Waals surface area (Å²) in [4.78, 5) is 10.5. The van der Waals surface area contributed by atoms with Crippen LogP contribution in [0.1, 0.15) is 52.7 Å². The van der Waals surface area contributed by atoms with Crippen LogP contribution in [0.5, 0.6) is 5.75 Å². The van der Waals surface area contributed by atoms with Gasteiger partial charge in [0.05, 0.1) is 10.7 Å². The van der Waals surface area contributed by atoms with Crippen LogP contribution in [0.2, 0.25) is 0 Å².